The summed E-state index contributed by atoms with van der Waals surface area (Å²) in [5.74, 6) is 0.893. The molecular formula is C37H38N6O2S. The first-order valence-corrected chi connectivity index (χ1v) is 16.5. The predicted molar refractivity (Wildman–Crippen MR) is 180 cm³/mol. The van der Waals surface area contributed by atoms with Crippen molar-refractivity contribution in [2.45, 2.75) is 68.9 Å². The lowest BCUT2D eigenvalue weighted by atomic mass is 9.75. The minimum Gasteiger partial charge on any atom is -0.508 e. The average molecular weight is 631 g/mol. The van der Waals surface area contributed by atoms with Gasteiger partial charge in [0.25, 0.3) is 0 Å². The average Bonchev–Trinajstić information content (AvgIpc) is 3.59. The zero-order valence-electron chi connectivity index (χ0n) is 26.7. The molecule has 5 aromatic rings. The van der Waals surface area contributed by atoms with Crippen LogP contribution < -0.4 is 5.32 Å². The van der Waals surface area contributed by atoms with Gasteiger partial charge in [-0.15, -0.1) is 16.9 Å². The molecule has 2 N–H and O–H groups in total. The van der Waals surface area contributed by atoms with Gasteiger partial charge in [0.05, 0.1) is 12.1 Å². The van der Waals surface area contributed by atoms with Crippen molar-refractivity contribution in [3.8, 4) is 5.75 Å². The van der Waals surface area contributed by atoms with Crippen molar-refractivity contribution in [1.82, 2.24) is 30.4 Å². The van der Waals surface area contributed by atoms with Crippen molar-refractivity contribution in [3.63, 3.8) is 0 Å². The zero-order valence-corrected chi connectivity index (χ0v) is 27.5. The Labute approximate surface area is 273 Å². The Morgan fingerprint density at radius 3 is 1.80 bits per heavy atom. The number of carbonyl (C=O) groups excluding carboxylic acids is 1. The lowest BCUT2D eigenvalue weighted by molar-refractivity contribution is -0.150. The maximum atomic E-state index is 14.4. The van der Waals surface area contributed by atoms with E-state index < -0.39 is 11.6 Å². The molecule has 8 nitrogen and oxygen atoms in total. The van der Waals surface area contributed by atoms with Crippen LogP contribution in [-0.2, 0) is 16.9 Å². The molecule has 2 saturated heterocycles. The minimum absolute atomic E-state index is 0.0305. The van der Waals surface area contributed by atoms with Crippen LogP contribution in [0, 0.1) is 20.8 Å². The van der Waals surface area contributed by atoms with Gasteiger partial charge in [-0.1, -0.05) is 102 Å². The normalized spacial score (nSPS) is 20.4. The third kappa shape index (κ3) is 5.08. The van der Waals surface area contributed by atoms with Gasteiger partial charge in [0.15, 0.2) is 5.82 Å². The van der Waals surface area contributed by atoms with Gasteiger partial charge in [-0.25, -0.2) is 4.68 Å². The van der Waals surface area contributed by atoms with E-state index >= 15 is 0 Å². The predicted octanol–water partition coefficient (Wildman–Crippen LogP) is 6.04. The van der Waals surface area contributed by atoms with Gasteiger partial charge in [-0.3, -0.25) is 10.1 Å². The fourth-order valence-electron chi connectivity index (χ4n) is 6.85. The number of phenolic OH excluding ortho intramolecular Hbond substituents is 1. The number of thioether (sulfide) groups is 1. The van der Waals surface area contributed by atoms with Crippen LogP contribution in [0.25, 0.3) is 0 Å². The number of amides is 1. The molecular weight excluding hydrogens is 593 g/mol. The number of nitrogens with zero attached hydrogens (tertiary/aromatic N) is 5. The maximum Gasteiger partial charge on any atom is 0.244 e. The van der Waals surface area contributed by atoms with Crippen molar-refractivity contribution >= 4 is 17.7 Å². The molecule has 9 heteroatoms. The molecule has 7 rings (SSSR count). The summed E-state index contributed by atoms with van der Waals surface area (Å²) in [6, 6.07) is 32.2. The van der Waals surface area contributed by atoms with Crippen LogP contribution in [0.15, 0.2) is 97.1 Å². The van der Waals surface area contributed by atoms with Crippen molar-refractivity contribution in [3.05, 3.63) is 142 Å². The molecule has 1 amide bonds. The summed E-state index contributed by atoms with van der Waals surface area (Å²) in [5.41, 5.74) is 6.95. The van der Waals surface area contributed by atoms with Crippen molar-refractivity contribution < 1.29 is 9.90 Å². The van der Waals surface area contributed by atoms with E-state index in [2.05, 4.69) is 128 Å². The van der Waals surface area contributed by atoms with E-state index in [9.17, 15) is 9.90 Å². The van der Waals surface area contributed by atoms with Crippen LogP contribution >= 0.6 is 11.8 Å². The standard InChI is InChI=1S/C37H38N6O2S/c1-23-6-14-27(15-7-23)37(28-16-8-24(2)9-17-28,29-18-10-25(3)11-19-29)38-31-34(45)43-32(36(4,5)46-35(31)43)33-39-40-41-42(33)22-26-12-20-30(44)21-13-26/h6-21,31-32,35,38,44H,22H2,1-5H3. The summed E-state index contributed by atoms with van der Waals surface area (Å²) in [5, 5.41) is 26.4. The molecule has 3 unspecified atom stereocenters. The largest absolute Gasteiger partial charge is 0.508 e. The lowest BCUT2D eigenvalue weighted by Gasteiger charge is -2.49. The number of β-lactam (4-membered cyclic amide) rings is 1. The van der Waals surface area contributed by atoms with Crippen LogP contribution in [0.4, 0.5) is 0 Å². The molecule has 3 atom stereocenters. The number of tetrazole rings is 1. The Kier molecular flexibility index (Phi) is 7.48. The number of carbonyl (C=O) groups is 1. The van der Waals surface area contributed by atoms with E-state index in [4.69, 9.17) is 0 Å². The van der Waals surface area contributed by atoms with Crippen LogP contribution in [0.3, 0.4) is 0 Å². The van der Waals surface area contributed by atoms with Crippen LogP contribution in [0.2, 0.25) is 0 Å². The number of aromatic nitrogens is 4. The number of phenols is 1. The van der Waals surface area contributed by atoms with Gasteiger partial charge >= 0.3 is 0 Å². The van der Waals surface area contributed by atoms with E-state index in [1.54, 1.807) is 28.6 Å². The van der Waals surface area contributed by atoms with Crippen molar-refractivity contribution in [2.24, 2.45) is 0 Å². The quantitative estimate of drug-likeness (QED) is 0.160. The summed E-state index contributed by atoms with van der Waals surface area (Å²) in [6.45, 7) is 11.0. The number of aryl methyl sites for hydroxylation is 3. The number of aromatic hydroxyl groups is 1. The van der Waals surface area contributed by atoms with Gasteiger partial charge < -0.3 is 10.0 Å². The summed E-state index contributed by atoms with van der Waals surface area (Å²) >= 11 is 1.79. The Balaban J connectivity index is 1.28. The first kappa shape index (κ1) is 30.2. The van der Waals surface area contributed by atoms with E-state index in [1.807, 2.05) is 17.0 Å². The molecule has 2 aliphatic rings. The highest BCUT2D eigenvalue weighted by Crippen LogP contribution is 2.57. The molecule has 1 aromatic heterocycles. The Hall–Kier alpha value is -4.47. The first-order chi connectivity index (χ1) is 22.1. The number of benzene rings is 4. The van der Waals surface area contributed by atoms with Gasteiger partial charge in [-0.2, -0.15) is 0 Å². The molecule has 4 aromatic carbocycles. The van der Waals surface area contributed by atoms with Crippen LogP contribution in [-0.4, -0.2) is 52.3 Å². The second-order valence-corrected chi connectivity index (χ2v) is 14.9. The minimum atomic E-state index is -0.773. The molecule has 2 aliphatic heterocycles. The second kappa shape index (κ2) is 11.4. The van der Waals surface area contributed by atoms with Gasteiger partial charge in [-0.05, 0) is 79.4 Å². The Morgan fingerprint density at radius 2 is 1.30 bits per heavy atom. The van der Waals surface area contributed by atoms with Gasteiger partial charge in [0.1, 0.15) is 23.2 Å². The highest BCUT2D eigenvalue weighted by atomic mass is 32.2. The Bertz CT molecular complexity index is 1760. The fourth-order valence-corrected chi connectivity index (χ4v) is 8.48. The summed E-state index contributed by atoms with van der Waals surface area (Å²) in [6.07, 6.45) is 0. The van der Waals surface area contributed by atoms with E-state index in [0.29, 0.717) is 12.4 Å². The smallest absolute Gasteiger partial charge is 0.244 e. The number of nitrogens with one attached hydrogen (secondary N) is 1. The molecule has 0 bridgehead atoms. The molecule has 0 aliphatic carbocycles. The van der Waals surface area contributed by atoms with Crippen LogP contribution in [0.5, 0.6) is 5.75 Å². The third-order valence-electron chi connectivity index (χ3n) is 9.34. The fraction of sp³-hybridized carbons (Fsp3) is 0.297. The number of rotatable bonds is 8. The number of fused-ring (bicyclic) bond motifs is 1. The SMILES string of the molecule is Cc1ccc(C(NC2C(=O)N3C2SC(C)(C)C3c2nnnn2Cc2ccc(O)cc2)(c2ccc(C)cc2)c2ccc(C)cc2)cc1. The first-order valence-electron chi connectivity index (χ1n) is 15.6. The van der Waals surface area contributed by atoms with E-state index in [0.717, 1.165) is 22.3 Å². The van der Waals surface area contributed by atoms with Crippen molar-refractivity contribution in [2.75, 3.05) is 0 Å². The third-order valence-corrected chi connectivity index (χ3v) is 10.9. The van der Waals surface area contributed by atoms with Crippen molar-refractivity contribution in [1.29, 1.82) is 0 Å². The second-order valence-electron chi connectivity index (χ2n) is 13.1. The summed E-state index contributed by atoms with van der Waals surface area (Å²) in [4.78, 5) is 16.4. The molecule has 2 fully saturated rings. The molecule has 0 radical (unpaired) electrons. The molecule has 3 heterocycles. The van der Waals surface area contributed by atoms with Gasteiger partial charge in [0, 0.05) is 4.75 Å². The highest BCUT2D eigenvalue weighted by Gasteiger charge is 2.64. The Morgan fingerprint density at radius 1 is 0.804 bits per heavy atom. The zero-order chi connectivity index (χ0) is 32.2. The molecule has 0 saturated carbocycles. The lowest BCUT2D eigenvalue weighted by Crippen LogP contribution is -2.70. The van der Waals surface area contributed by atoms with Gasteiger partial charge in [0.2, 0.25) is 5.91 Å². The molecule has 0 spiro atoms. The summed E-state index contributed by atoms with van der Waals surface area (Å²) in [7, 11) is 0. The van der Waals surface area contributed by atoms with E-state index in [1.165, 1.54) is 16.7 Å². The topological polar surface area (TPSA) is 96.2 Å². The highest BCUT2D eigenvalue weighted by molar-refractivity contribution is 8.01. The van der Waals surface area contributed by atoms with E-state index in [-0.39, 0.29) is 27.8 Å². The van der Waals surface area contributed by atoms with Crippen LogP contribution in [0.1, 0.15) is 64.7 Å². The monoisotopic (exact) mass is 630 g/mol. The maximum absolute atomic E-state index is 14.4. The number of hydrogen-bond acceptors (Lipinski definition) is 7. The number of hydrogen-bond donors (Lipinski definition) is 2. The summed E-state index contributed by atoms with van der Waals surface area (Å²) < 4.78 is 1.42. The molecule has 234 valence electrons. The molecule has 46 heavy (non-hydrogen) atoms.